The van der Waals surface area contributed by atoms with Crippen LogP contribution < -0.4 is 10.6 Å². The van der Waals surface area contributed by atoms with Gasteiger partial charge in [0.2, 0.25) is 0 Å². The number of nitrogens with one attached hydrogen (secondary N) is 3. The van der Waals surface area contributed by atoms with Crippen molar-refractivity contribution in [1.82, 2.24) is 5.32 Å². The predicted molar refractivity (Wildman–Crippen MR) is 76.3 cm³/mol. The highest BCUT2D eigenvalue weighted by atomic mass is 79.9. The molecule has 0 amide bonds. The quantitative estimate of drug-likeness (QED) is 0.751. The van der Waals surface area contributed by atoms with E-state index in [2.05, 4.69) is 26.6 Å². The molecule has 0 aliphatic carbocycles. The molecule has 0 radical (unpaired) electrons. The van der Waals surface area contributed by atoms with Crippen molar-refractivity contribution in [1.29, 1.82) is 5.41 Å². The van der Waals surface area contributed by atoms with Crippen molar-refractivity contribution in [3.63, 3.8) is 0 Å². The lowest BCUT2D eigenvalue weighted by Gasteiger charge is -2.19. The molecular formula is C13H18BrN3. The maximum atomic E-state index is 7.70. The van der Waals surface area contributed by atoms with Crippen LogP contribution in [0.2, 0.25) is 0 Å². The Kier molecular flexibility index (Phi) is 4.57. The zero-order chi connectivity index (χ0) is 12.1. The summed E-state index contributed by atoms with van der Waals surface area (Å²) in [6.45, 7) is 2.19. The highest BCUT2D eigenvalue weighted by Gasteiger charge is 2.13. The van der Waals surface area contributed by atoms with E-state index in [9.17, 15) is 0 Å². The number of rotatable bonds is 3. The molecule has 92 valence electrons. The van der Waals surface area contributed by atoms with E-state index < -0.39 is 0 Å². The Hall–Kier alpha value is -0.870. The second kappa shape index (κ2) is 6.17. The van der Waals surface area contributed by atoms with E-state index >= 15 is 0 Å². The van der Waals surface area contributed by atoms with Gasteiger partial charge in [0.05, 0.1) is 0 Å². The van der Waals surface area contributed by atoms with E-state index in [1.807, 2.05) is 24.3 Å². The van der Waals surface area contributed by atoms with Gasteiger partial charge in [-0.1, -0.05) is 18.2 Å². The molecule has 3 nitrogen and oxygen atoms in total. The molecule has 1 fully saturated rings. The standard InChI is InChI=1S/C13H18BrN3/c14-13(15)11-5-1-2-6-12(11)17-10-4-3-8-16-9-7-10/h1-2,5-6,10,15-17H,3-4,7-9H2. The molecule has 1 atom stereocenters. The van der Waals surface area contributed by atoms with Crippen LogP contribution in [0.1, 0.15) is 24.8 Å². The summed E-state index contributed by atoms with van der Waals surface area (Å²) >= 11 is 3.24. The van der Waals surface area contributed by atoms with Gasteiger partial charge in [0.1, 0.15) is 4.62 Å². The summed E-state index contributed by atoms with van der Waals surface area (Å²) in [5.41, 5.74) is 1.99. The van der Waals surface area contributed by atoms with Crippen LogP contribution in [0, 0.1) is 5.41 Å². The highest BCUT2D eigenvalue weighted by molar-refractivity contribution is 9.18. The third kappa shape index (κ3) is 3.54. The van der Waals surface area contributed by atoms with Gasteiger partial charge in [0.25, 0.3) is 0 Å². The maximum absolute atomic E-state index is 7.70. The van der Waals surface area contributed by atoms with Crippen molar-refractivity contribution in [2.75, 3.05) is 18.4 Å². The van der Waals surface area contributed by atoms with Crippen LogP contribution in [0.5, 0.6) is 0 Å². The number of halogens is 1. The summed E-state index contributed by atoms with van der Waals surface area (Å²) in [4.78, 5) is 0. The lowest BCUT2D eigenvalue weighted by molar-refractivity contribution is 0.637. The summed E-state index contributed by atoms with van der Waals surface area (Å²) in [7, 11) is 0. The van der Waals surface area contributed by atoms with Gasteiger partial charge in [-0.25, -0.2) is 0 Å². The molecule has 1 aromatic carbocycles. The molecule has 17 heavy (non-hydrogen) atoms. The van der Waals surface area contributed by atoms with Crippen LogP contribution in [0.3, 0.4) is 0 Å². The Balaban J connectivity index is 2.09. The molecule has 1 unspecified atom stereocenters. The Morgan fingerprint density at radius 1 is 1.29 bits per heavy atom. The number of para-hydroxylation sites is 1. The number of hydrogen-bond acceptors (Lipinski definition) is 3. The van der Waals surface area contributed by atoms with Crippen molar-refractivity contribution >= 4 is 26.2 Å². The molecule has 0 aromatic heterocycles. The van der Waals surface area contributed by atoms with Crippen molar-refractivity contribution < 1.29 is 0 Å². The van der Waals surface area contributed by atoms with Crippen molar-refractivity contribution in [3.05, 3.63) is 29.8 Å². The first kappa shape index (κ1) is 12.6. The van der Waals surface area contributed by atoms with Gasteiger partial charge in [0.15, 0.2) is 0 Å². The van der Waals surface area contributed by atoms with Gasteiger partial charge in [-0.3, -0.25) is 5.41 Å². The van der Waals surface area contributed by atoms with E-state index in [0.29, 0.717) is 10.7 Å². The molecule has 3 N–H and O–H groups in total. The summed E-state index contributed by atoms with van der Waals surface area (Å²) in [6, 6.07) is 8.50. The van der Waals surface area contributed by atoms with E-state index in [0.717, 1.165) is 30.8 Å². The monoisotopic (exact) mass is 295 g/mol. The molecule has 0 saturated carbocycles. The topological polar surface area (TPSA) is 47.9 Å². The average molecular weight is 296 g/mol. The predicted octanol–water partition coefficient (Wildman–Crippen LogP) is 2.96. The first-order chi connectivity index (χ1) is 8.27. The molecule has 1 aromatic rings. The van der Waals surface area contributed by atoms with Crippen molar-refractivity contribution in [2.45, 2.75) is 25.3 Å². The van der Waals surface area contributed by atoms with Crippen LogP contribution >= 0.6 is 15.9 Å². The second-order valence-corrected chi connectivity index (χ2v) is 5.17. The Morgan fingerprint density at radius 2 is 2.12 bits per heavy atom. The maximum Gasteiger partial charge on any atom is 0.106 e. The van der Waals surface area contributed by atoms with Crippen LogP contribution in [-0.4, -0.2) is 23.8 Å². The highest BCUT2D eigenvalue weighted by Crippen LogP contribution is 2.21. The average Bonchev–Trinajstić information content (AvgIpc) is 2.58. The third-order valence-corrected chi connectivity index (χ3v) is 3.53. The molecule has 1 saturated heterocycles. The lowest BCUT2D eigenvalue weighted by atomic mass is 10.1. The summed E-state index contributed by atoms with van der Waals surface area (Å²) in [5.74, 6) is 0. The molecule has 4 heteroatoms. The summed E-state index contributed by atoms with van der Waals surface area (Å²) in [5, 5.41) is 14.7. The SMILES string of the molecule is N=C(Br)c1ccccc1NC1CCCNCC1. The van der Waals surface area contributed by atoms with E-state index in [4.69, 9.17) is 5.41 Å². The van der Waals surface area contributed by atoms with Crippen LogP contribution in [0.25, 0.3) is 0 Å². The normalized spacial score (nSPS) is 20.6. The number of hydrogen-bond donors (Lipinski definition) is 3. The molecule has 2 rings (SSSR count). The Labute approximate surface area is 111 Å². The minimum atomic E-state index is 0.437. The molecule has 1 aliphatic heterocycles. The molecule has 0 bridgehead atoms. The smallest absolute Gasteiger partial charge is 0.106 e. The Bertz CT molecular complexity index is 384. The van der Waals surface area contributed by atoms with Crippen molar-refractivity contribution in [3.8, 4) is 0 Å². The van der Waals surface area contributed by atoms with Gasteiger partial charge in [0, 0.05) is 17.3 Å². The molecule has 1 heterocycles. The molecular weight excluding hydrogens is 278 g/mol. The van der Waals surface area contributed by atoms with Gasteiger partial charge < -0.3 is 10.6 Å². The van der Waals surface area contributed by atoms with E-state index in [1.54, 1.807) is 0 Å². The zero-order valence-corrected chi connectivity index (χ0v) is 11.4. The fourth-order valence-corrected chi connectivity index (χ4v) is 2.53. The number of anilines is 1. The first-order valence-electron chi connectivity index (χ1n) is 6.08. The van der Waals surface area contributed by atoms with Gasteiger partial charge in [-0.15, -0.1) is 0 Å². The first-order valence-corrected chi connectivity index (χ1v) is 6.87. The number of benzene rings is 1. The van der Waals surface area contributed by atoms with Gasteiger partial charge in [-0.2, -0.15) is 0 Å². The largest absolute Gasteiger partial charge is 0.382 e. The fraction of sp³-hybridized carbons (Fsp3) is 0.462. The zero-order valence-electron chi connectivity index (χ0n) is 9.80. The summed E-state index contributed by atoms with van der Waals surface area (Å²) in [6.07, 6.45) is 3.55. The van der Waals surface area contributed by atoms with Crippen molar-refractivity contribution in [2.24, 2.45) is 0 Å². The fourth-order valence-electron chi connectivity index (χ4n) is 2.18. The van der Waals surface area contributed by atoms with Gasteiger partial charge in [-0.05, 0) is 54.3 Å². The molecule has 1 aliphatic rings. The minimum absolute atomic E-state index is 0.437. The Morgan fingerprint density at radius 3 is 2.94 bits per heavy atom. The van der Waals surface area contributed by atoms with E-state index in [-0.39, 0.29) is 0 Å². The van der Waals surface area contributed by atoms with Crippen LogP contribution in [0.15, 0.2) is 24.3 Å². The third-order valence-electron chi connectivity index (χ3n) is 3.10. The summed E-state index contributed by atoms with van der Waals surface area (Å²) < 4.78 is 0.437. The van der Waals surface area contributed by atoms with Crippen LogP contribution in [0.4, 0.5) is 5.69 Å². The second-order valence-electron chi connectivity index (χ2n) is 4.38. The van der Waals surface area contributed by atoms with E-state index in [1.165, 1.54) is 12.8 Å². The minimum Gasteiger partial charge on any atom is -0.382 e. The molecule has 0 spiro atoms. The van der Waals surface area contributed by atoms with Gasteiger partial charge >= 0.3 is 0 Å². The lowest BCUT2D eigenvalue weighted by Crippen LogP contribution is -2.22. The van der Waals surface area contributed by atoms with Crippen LogP contribution in [-0.2, 0) is 0 Å².